The molecule has 2 unspecified atom stereocenters. The molecule has 0 bridgehead atoms. The minimum atomic E-state index is -0.447. The monoisotopic (exact) mass is 564 g/mol. The summed E-state index contributed by atoms with van der Waals surface area (Å²) in [7, 11) is 0. The summed E-state index contributed by atoms with van der Waals surface area (Å²) >= 11 is 0. The average molecular weight is 565 g/mol. The highest BCUT2D eigenvalue weighted by Crippen LogP contribution is 2.32. The van der Waals surface area contributed by atoms with Crippen LogP contribution in [0.2, 0.25) is 0 Å². The summed E-state index contributed by atoms with van der Waals surface area (Å²) in [6, 6.07) is 31.0. The van der Waals surface area contributed by atoms with E-state index < -0.39 is 6.17 Å². The Bertz CT molecular complexity index is 1770. The van der Waals surface area contributed by atoms with Gasteiger partial charge < -0.3 is 11.1 Å². The summed E-state index contributed by atoms with van der Waals surface area (Å²) < 4.78 is 0. The van der Waals surface area contributed by atoms with E-state index in [0.717, 1.165) is 57.9 Å². The molecule has 0 aliphatic heterocycles. The summed E-state index contributed by atoms with van der Waals surface area (Å²) in [5.41, 5.74) is 16.7. The van der Waals surface area contributed by atoms with Gasteiger partial charge in [0.15, 0.2) is 5.82 Å². The largest absolute Gasteiger partial charge is 0.335 e. The van der Waals surface area contributed by atoms with Gasteiger partial charge in [-0.3, -0.25) is 0 Å². The second kappa shape index (κ2) is 12.5. The molecule has 1 aliphatic carbocycles. The molecular weight excluding hydrogens is 528 g/mol. The van der Waals surface area contributed by atoms with Crippen LogP contribution in [0.4, 0.5) is 5.95 Å². The number of aryl methyl sites for hydroxylation is 2. The van der Waals surface area contributed by atoms with E-state index in [-0.39, 0.29) is 0 Å². The van der Waals surface area contributed by atoms with Gasteiger partial charge in [-0.1, -0.05) is 111 Å². The molecule has 43 heavy (non-hydrogen) atoms. The lowest BCUT2D eigenvalue weighted by atomic mass is 9.88. The molecule has 6 nitrogen and oxygen atoms in total. The zero-order valence-corrected chi connectivity index (χ0v) is 24.8. The highest BCUT2D eigenvalue weighted by atomic mass is 15.2. The first-order valence-electron chi connectivity index (χ1n) is 14.9. The van der Waals surface area contributed by atoms with E-state index in [1.54, 1.807) is 0 Å². The van der Waals surface area contributed by atoms with Gasteiger partial charge in [-0.2, -0.15) is 0 Å². The lowest BCUT2D eigenvalue weighted by molar-refractivity contribution is 0.758. The fourth-order valence-electron chi connectivity index (χ4n) is 5.38. The van der Waals surface area contributed by atoms with Crippen molar-refractivity contribution in [2.75, 3.05) is 5.32 Å². The highest BCUT2D eigenvalue weighted by Gasteiger charge is 2.15. The van der Waals surface area contributed by atoms with Gasteiger partial charge in [-0.05, 0) is 54.5 Å². The van der Waals surface area contributed by atoms with Crippen molar-refractivity contribution in [2.45, 2.75) is 39.8 Å². The molecule has 0 fully saturated rings. The predicted octanol–water partition coefficient (Wildman–Crippen LogP) is 8.19. The normalized spacial score (nSPS) is 15.2. The fraction of sp³-hybridized carbons (Fsp3) is 0.189. The number of rotatable bonds is 8. The molecule has 214 valence electrons. The number of hydrogen-bond donors (Lipinski definition) is 2. The summed E-state index contributed by atoms with van der Waals surface area (Å²) in [6.45, 7) is 6.32. The first kappa shape index (κ1) is 28.2. The first-order valence-corrected chi connectivity index (χ1v) is 14.9. The molecule has 0 amide bonds. The molecule has 3 aromatic carbocycles. The molecule has 0 radical (unpaired) electrons. The van der Waals surface area contributed by atoms with E-state index in [1.807, 2.05) is 55.5 Å². The number of aromatic nitrogens is 4. The smallest absolute Gasteiger partial charge is 0.224 e. The van der Waals surface area contributed by atoms with Crippen LogP contribution < -0.4 is 11.1 Å². The first-order chi connectivity index (χ1) is 21.0. The SMILES string of the molecule is CCc1cc(C)nc(NC(N)c2ccc(-c3cc(-c4ccc(C5=CC=CCC5C)cc4)nc(-c4ccccc4)n3)cc2)n1. The standard InChI is InChI=1S/C37H36N6/c1-4-31-22-25(3)39-37(40-31)43-35(38)29-20-18-28(19-21-29)34-23-33(41-36(42-34)30-11-6-5-7-12-30)27-16-14-26(15-17-27)32-13-9-8-10-24(32)2/h5-9,11-24,35H,4,10,38H2,1-3H3,(H,39,40,43). The number of hydrogen-bond acceptors (Lipinski definition) is 6. The molecular formula is C37H36N6. The number of nitrogens with two attached hydrogens (primary N) is 1. The summed E-state index contributed by atoms with van der Waals surface area (Å²) in [5, 5.41) is 3.25. The molecule has 5 aromatic rings. The maximum atomic E-state index is 6.51. The Morgan fingerprint density at radius 1 is 0.791 bits per heavy atom. The minimum Gasteiger partial charge on any atom is -0.335 e. The molecule has 1 aliphatic rings. The van der Waals surface area contributed by atoms with Gasteiger partial charge in [0.05, 0.1) is 11.4 Å². The van der Waals surface area contributed by atoms with E-state index in [9.17, 15) is 0 Å². The van der Waals surface area contributed by atoms with E-state index in [0.29, 0.717) is 17.7 Å². The number of nitrogens with zero attached hydrogens (tertiary/aromatic N) is 4. The Labute approximate surface area is 253 Å². The predicted molar refractivity (Wildman–Crippen MR) is 176 cm³/mol. The zero-order chi connectivity index (χ0) is 29.8. The van der Waals surface area contributed by atoms with Crippen LogP contribution in [-0.2, 0) is 6.42 Å². The van der Waals surface area contributed by atoms with Crippen molar-refractivity contribution in [1.29, 1.82) is 0 Å². The van der Waals surface area contributed by atoms with Crippen molar-refractivity contribution < 1.29 is 0 Å². The van der Waals surface area contributed by atoms with Gasteiger partial charge in [0.1, 0.15) is 6.17 Å². The van der Waals surface area contributed by atoms with Crippen LogP contribution in [0.3, 0.4) is 0 Å². The van der Waals surface area contributed by atoms with Crippen LogP contribution in [-0.4, -0.2) is 19.9 Å². The van der Waals surface area contributed by atoms with Gasteiger partial charge in [0, 0.05) is 28.1 Å². The van der Waals surface area contributed by atoms with Gasteiger partial charge >= 0.3 is 0 Å². The molecule has 3 N–H and O–H groups in total. The van der Waals surface area contributed by atoms with Crippen LogP contribution in [0.25, 0.3) is 39.5 Å². The minimum absolute atomic E-state index is 0.447. The Balaban J connectivity index is 1.31. The molecule has 0 spiro atoms. The van der Waals surface area contributed by atoms with Crippen molar-refractivity contribution in [3.8, 4) is 33.9 Å². The van der Waals surface area contributed by atoms with E-state index in [1.165, 1.54) is 11.1 Å². The summed E-state index contributed by atoms with van der Waals surface area (Å²) in [6.07, 6.45) is 8.07. The topological polar surface area (TPSA) is 89.6 Å². The third kappa shape index (κ3) is 6.45. The summed E-state index contributed by atoms with van der Waals surface area (Å²) in [5.74, 6) is 1.74. The Morgan fingerprint density at radius 3 is 2.09 bits per heavy atom. The average Bonchev–Trinajstić information content (AvgIpc) is 3.05. The van der Waals surface area contributed by atoms with Crippen molar-refractivity contribution >= 4 is 11.5 Å². The molecule has 6 heteroatoms. The van der Waals surface area contributed by atoms with Gasteiger partial charge in [-0.25, -0.2) is 19.9 Å². The Hall–Kier alpha value is -4.94. The molecule has 2 aromatic heterocycles. The Kier molecular flexibility index (Phi) is 8.20. The lowest BCUT2D eigenvalue weighted by Gasteiger charge is -2.18. The van der Waals surface area contributed by atoms with Crippen molar-refractivity contribution in [1.82, 2.24) is 19.9 Å². The van der Waals surface area contributed by atoms with Crippen LogP contribution >= 0.6 is 0 Å². The van der Waals surface area contributed by atoms with Crippen LogP contribution in [0.5, 0.6) is 0 Å². The number of allylic oxidation sites excluding steroid dienone is 4. The fourth-order valence-corrected chi connectivity index (χ4v) is 5.38. The van der Waals surface area contributed by atoms with Gasteiger partial charge in [0.25, 0.3) is 0 Å². The van der Waals surface area contributed by atoms with Crippen LogP contribution in [0.15, 0.2) is 109 Å². The van der Waals surface area contributed by atoms with Crippen molar-refractivity contribution in [2.24, 2.45) is 11.7 Å². The second-order valence-electron chi connectivity index (χ2n) is 11.0. The lowest BCUT2D eigenvalue weighted by Crippen LogP contribution is -2.21. The maximum Gasteiger partial charge on any atom is 0.224 e. The van der Waals surface area contributed by atoms with E-state index in [4.69, 9.17) is 15.7 Å². The van der Waals surface area contributed by atoms with Gasteiger partial charge in [0.2, 0.25) is 5.95 Å². The molecule has 2 heterocycles. The molecule has 0 saturated carbocycles. The molecule has 6 rings (SSSR count). The number of nitrogens with one attached hydrogen (secondary N) is 1. The number of anilines is 1. The van der Waals surface area contributed by atoms with Crippen LogP contribution in [0, 0.1) is 12.8 Å². The second-order valence-corrected chi connectivity index (χ2v) is 11.0. The van der Waals surface area contributed by atoms with Crippen molar-refractivity contribution in [3.05, 3.63) is 132 Å². The van der Waals surface area contributed by atoms with E-state index in [2.05, 4.69) is 89.8 Å². The van der Waals surface area contributed by atoms with Crippen molar-refractivity contribution in [3.63, 3.8) is 0 Å². The Morgan fingerprint density at radius 2 is 1.44 bits per heavy atom. The third-order valence-corrected chi connectivity index (χ3v) is 7.82. The van der Waals surface area contributed by atoms with Gasteiger partial charge in [-0.15, -0.1) is 0 Å². The van der Waals surface area contributed by atoms with E-state index >= 15 is 0 Å². The highest BCUT2D eigenvalue weighted by molar-refractivity contribution is 5.75. The van der Waals surface area contributed by atoms with Crippen LogP contribution in [0.1, 0.15) is 48.9 Å². The third-order valence-electron chi connectivity index (χ3n) is 7.82. The zero-order valence-electron chi connectivity index (χ0n) is 24.8. The summed E-state index contributed by atoms with van der Waals surface area (Å²) in [4.78, 5) is 19.0. The number of benzene rings is 3. The maximum absolute atomic E-state index is 6.51. The molecule has 2 atom stereocenters. The quantitative estimate of drug-likeness (QED) is 0.185. The molecule has 0 saturated heterocycles.